The van der Waals surface area contributed by atoms with Crippen LogP contribution in [0.5, 0.6) is 0 Å². The van der Waals surface area contributed by atoms with Crippen LogP contribution in [-0.4, -0.2) is 21.0 Å². The third-order valence-electron chi connectivity index (χ3n) is 2.40. The molecule has 0 heterocycles. The molecule has 2 nitrogen and oxygen atoms in total. The van der Waals surface area contributed by atoms with Gasteiger partial charge in [-0.05, 0) is 63.3 Å². The summed E-state index contributed by atoms with van der Waals surface area (Å²) < 4.78 is 12.1. The average molecular weight is 375 g/mol. The summed E-state index contributed by atoms with van der Waals surface area (Å²) in [5.41, 5.74) is 2.46. The van der Waals surface area contributed by atoms with Crippen LogP contribution in [0, 0.1) is 0 Å². The van der Waals surface area contributed by atoms with Gasteiger partial charge in [0, 0.05) is 11.5 Å². The van der Waals surface area contributed by atoms with Crippen molar-refractivity contribution in [1.82, 2.24) is 0 Å². The molecule has 1 rings (SSSR count). The molecule has 1 aromatic carbocycles. The SMILES string of the molecule is CC(C)OC(=S)SCc1ccc(CSC(=S)OC(C)C)cc1. The number of hydrogen-bond donors (Lipinski definition) is 0. The molecular formula is C16H22O2S4. The van der Waals surface area contributed by atoms with Crippen LogP contribution >= 0.6 is 48.0 Å². The quantitative estimate of drug-likeness (QED) is 0.601. The Hall–Kier alpha value is -0.300. The molecule has 0 bridgehead atoms. The fraction of sp³-hybridized carbons (Fsp3) is 0.500. The van der Waals surface area contributed by atoms with E-state index in [2.05, 4.69) is 24.3 Å². The van der Waals surface area contributed by atoms with E-state index in [9.17, 15) is 0 Å². The Bertz CT molecular complexity index is 438. The highest BCUT2D eigenvalue weighted by Crippen LogP contribution is 2.19. The van der Waals surface area contributed by atoms with Gasteiger partial charge in [-0.25, -0.2) is 0 Å². The van der Waals surface area contributed by atoms with E-state index in [4.69, 9.17) is 33.9 Å². The van der Waals surface area contributed by atoms with Crippen molar-refractivity contribution < 1.29 is 9.47 Å². The van der Waals surface area contributed by atoms with E-state index < -0.39 is 0 Å². The molecule has 0 aliphatic heterocycles. The zero-order chi connectivity index (χ0) is 16.5. The molecule has 6 heteroatoms. The molecule has 0 amide bonds. The second-order valence-corrected chi connectivity index (χ2v) is 8.38. The number of benzene rings is 1. The van der Waals surface area contributed by atoms with Gasteiger partial charge in [-0.15, -0.1) is 0 Å². The predicted octanol–water partition coefficient (Wildman–Crippen LogP) is 5.57. The topological polar surface area (TPSA) is 18.5 Å². The van der Waals surface area contributed by atoms with Crippen molar-refractivity contribution in [3.05, 3.63) is 35.4 Å². The standard InChI is InChI=1S/C16H22O2S4/c1-11(2)17-15(19)21-9-13-5-7-14(8-6-13)10-22-16(20)18-12(3)4/h5-8,11-12H,9-10H2,1-4H3. The fourth-order valence-corrected chi connectivity index (χ4v) is 3.68. The van der Waals surface area contributed by atoms with E-state index in [1.165, 1.54) is 11.1 Å². The van der Waals surface area contributed by atoms with Crippen molar-refractivity contribution in [2.24, 2.45) is 0 Å². The molecule has 0 N–H and O–H groups in total. The first-order valence-corrected chi connectivity index (χ1v) is 9.90. The average Bonchev–Trinajstić information content (AvgIpc) is 2.42. The number of thioether (sulfide) groups is 2. The maximum atomic E-state index is 5.46. The molecule has 0 atom stereocenters. The highest BCUT2D eigenvalue weighted by atomic mass is 32.2. The smallest absolute Gasteiger partial charge is 0.220 e. The molecule has 0 aliphatic carbocycles. The maximum absolute atomic E-state index is 5.46. The van der Waals surface area contributed by atoms with Gasteiger partial charge in [0.1, 0.15) is 0 Å². The lowest BCUT2D eigenvalue weighted by molar-refractivity contribution is 0.242. The Labute approximate surface area is 152 Å². The first-order chi connectivity index (χ1) is 10.4. The van der Waals surface area contributed by atoms with Gasteiger partial charge in [0.05, 0.1) is 12.2 Å². The van der Waals surface area contributed by atoms with Crippen LogP contribution in [0.4, 0.5) is 0 Å². The van der Waals surface area contributed by atoms with Crippen molar-refractivity contribution in [3.8, 4) is 0 Å². The van der Waals surface area contributed by atoms with Crippen LogP contribution in [0.25, 0.3) is 0 Å². The highest BCUT2D eigenvalue weighted by molar-refractivity contribution is 8.22. The molecule has 1 aromatic rings. The maximum Gasteiger partial charge on any atom is 0.220 e. The Balaban J connectivity index is 2.36. The summed E-state index contributed by atoms with van der Waals surface area (Å²) in [6, 6.07) is 8.47. The Kier molecular flexibility index (Phi) is 9.40. The molecule has 122 valence electrons. The summed E-state index contributed by atoms with van der Waals surface area (Å²) in [6.07, 6.45) is 0.271. The van der Waals surface area contributed by atoms with E-state index in [0.717, 1.165) is 11.5 Å². The van der Waals surface area contributed by atoms with Gasteiger partial charge in [-0.3, -0.25) is 0 Å². The highest BCUT2D eigenvalue weighted by Gasteiger charge is 2.05. The van der Waals surface area contributed by atoms with Gasteiger partial charge >= 0.3 is 0 Å². The zero-order valence-corrected chi connectivity index (χ0v) is 16.6. The Morgan fingerprint density at radius 1 is 0.818 bits per heavy atom. The molecule has 0 unspecified atom stereocenters. The van der Waals surface area contributed by atoms with Crippen LogP contribution in [0.15, 0.2) is 24.3 Å². The second kappa shape index (κ2) is 10.5. The predicted molar refractivity (Wildman–Crippen MR) is 107 cm³/mol. The molecule has 0 spiro atoms. The van der Waals surface area contributed by atoms with Gasteiger partial charge in [0.15, 0.2) is 0 Å². The van der Waals surface area contributed by atoms with Crippen LogP contribution in [0.1, 0.15) is 38.8 Å². The Morgan fingerprint density at radius 2 is 1.14 bits per heavy atom. The van der Waals surface area contributed by atoms with E-state index in [1.54, 1.807) is 23.5 Å². The van der Waals surface area contributed by atoms with Crippen LogP contribution in [-0.2, 0) is 21.0 Å². The second-order valence-electron chi connectivity index (χ2n) is 5.23. The van der Waals surface area contributed by atoms with Crippen molar-refractivity contribution in [1.29, 1.82) is 0 Å². The molecule has 0 aliphatic rings. The van der Waals surface area contributed by atoms with E-state index >= 15 is 0 Å². The number of rotatable bonds is 6. The van der Waals surface area contributed by atoms with Gasteiger partial charge in [-0.2, -0.15) is 0 Å². The summed E-state index contributed by atoms with van der Waals surface area (Å²) >= 11 is 13.4. The minimum Gasteiger partial charge on any atom is -0.476 e. The van der Waals surface area contributed by atoms with E-state index in [0.29, 0.717) is 8.77 Å². The minimum absolute atomic E-state index is 0.135. The van der Waals surface area contributed by atoms with E-state index in [1.807, 2.05) is 27.7 Å². The van der Waals surface area contributed by atoms with Crippen LogP contribution < -0.4 is 0 Å². The van der Waals surface area contributed by atoms with Crippen LogP contribution in [0.2, 0.25) is 0 Å². The molecule has 0 radical (unpaired) electrons. The van der Waals surface area contributed by atoms with Crippen LogP contribution in [0.3, 0.4) is 0 Å². The van der Waals surface area contributed by atoms with Crippen molar-refractivity contribution in [2.75, 3.05) is 0 Å². The lowest BCUT2D eigenvalue weighted by Gasteiger charge is -2.11. The third-order valence-corrected chi connectivity index (χ3v) is 4.92. The Morgan fingerprint density at radius 3 is 1.41 bits per heavy atom. The number of thiocarbonyl (C=S) groups is 2. The largest absolute Gasteiger partial charge is 0.476 e. The summed E-state index contributed by atoms with van der Waals surface area (Å²) in [6.45, 7) is 7.92. The van der Waals surface area contributed by atoms with Crippen molar-refractivity contribution in [2.45, 2.75) is 51.4 Å². The lowest BCUT2D eigenvalue weighted by Crippen LogP contribution is -2.06. The van der Waals surface area contributed by atoms with Gasteiger partial charge in [0.2, 0.25) is 8.77 Å². The summed E-state index contributed by atoms with van der Waals surface area (Å²) in [5, 5.41) is 0. The number of ether oxygens (including phenoxy) is 2. The number of hydrogen-bond acceptors (Lipinski definition) is 6. The molecular weight excluding hydrogens is 352 g/mol. The normalized spacial score (nSPS) is 10.8. The molecule has 0 fully saturated rings. The van der Waals surface area contributed by atoms with Gasteiger partial charge < -0.3 is 9.47 Å². The van der Waals surface area contributed by atoms with Crippen molar-refractivity contribution >= 4 is 56.7 Å². The zero-order valence-electron chi connectivity index (χ0n) is 13.3. The first kappa shape index (κ1) is 19.7. The molecule has 0 saturated heterocycles. The lowest BCUT2D eigenvalue weighted by atomic mass is 10.2. The molecule has 0 aromatic heterocycles. The first-order valence-electron chi connectivity index (χ1n) is 7.11. The monoisotopic (exact) mass is 374 g/mol. The molecule has 22 heavy (non-hydrogen) atoms. The fourth-order valence-electron chi connectivity index (χ4n) is 1.47. The summed E-state index contributed by atoms with van der Waals surface area (Å²) in [4.78, 5) is 0. The van der Waals surface area contributed by atoms with Gasteiger partial charge in [0.25, 0.3) is 0 Å². The van der Waals surface area contributed by atoms with E-state index in [-0.39, 0.29) is 12.2 Å². The summed E-state index contributed by atoms with van der Waals surface area (Å²) in [5.74, 6) is 1.65. The van der Waals surface area contributed by atoms with Gasteiger partial charge in [-0.1, -0.05) is 47.8 Å². The summed E-state index contributed by atoms with van der Waals surface area (Å²) in [7, 11) is 0. The molecule has 0 saturated carbocycles. The third kappa shape index (κ3) is 8.98. The van der Waals surface area contributed by atoms with Crippen molar-refractivity contribution in [3.63, 3.8) is 0 Å². The minimum atomic E-state index is 0.135.